The number of aryl methyl sites for hydroxylation is 3. The number of amides is 1. The van der Waals surface area contributed by atoms with E-state index in [-0.39, 0.29) is 23.1 Å². The Morgan fingerprint density at radius 1 is 1.16 bits per heavy atom. The second kappa shape index (κ2) is 9.30. The molecule has 1 unspecified atom stereocenters. The Morgan fingerprint density at radius 3 is 2.69 bits per heavy atom. The molecule has 1 aromatic carbocycles. The number of rotatable bonds is 7. The van der Waals surface area contributed by atoms with Gasteiger partial charge in [0.05, 0.1) is 26.6 Å². The molecule has 8 heteroatoms. The maximum Gasteiger partial charge on any atom is 0.263 e. The molecule has 1 saturated heterocycles. The maximum atomic E-state index is 13.2. The Morgan fingerprint density at radius 2 is 1.97 bits per heavy atom. The van der Waals surface area contributed by atoms with Crippen LogP contribution in [0.1, 0.15) is 33.9 Å². The highest BCUT2D eigenvalue weighted by atomic mass is 16.5. The third-order valence-corrected chi connectivity index (χ3v) is 6.07. The van der Waals surface area contributed by atoms with Crippen LogP contribution in [-0.2, 0) is 13.0 Å². The molecular formula is C24H28N4O4. The molecule has 3 heterocycles. The highest BCUT2D eigenvalue weighted by Gasteiger charge is 2.30. The lowest BCUT2D eigenvalue weighted by Crippen LogP contribution is -2.36. The third-order valence-electron chi connectivity index (χ3n) is 6.07. The van der Waals surface area contributed by atoms with Gasteiger partial charge >= 0.3 is 0 Å². The van der Waals surface area contributed by atoms with E-state index in [0.717, 1.165) is 12.0 Å². The number of imidazole rings is 1. The van der Waals surface area contributed by atoms with Crippen molar-refractivity contribution in [2.45, 2.75) is 32.4 Å². The first-order valence-electron chi connectivity index (χ1n) is 10.7. The first kappa shape index (κ1) is 21.7. The molecule has 32 heavy (non-hydrogen) atoms. The lowest BCUT2D eigenvalue weighted by molar-refractivity contribution is 0.0784. The molecule has 0 aliphatic carbocycles. The molecule has 168 valence electrons. The van der Waals surface area contributed by atoms with Crippen molar-refractivity contribution in [3.05, 3.63) is 76.2 Å². The van der Waals surface area contributed by atoms with Crippen molar-refractivity contribution in [2.75, 3.05) is 27.3 Å². The number of nitrogens with zero attached hydrogens (tertiary/aromatic N) is 4. The third kappa shape index (κ3) is 4.26. The lowest BCUT2D eigenvalue weighted by atomic mass is 10.1. The topological polar surface area (TPSA) is 78.6 Å². The highest BCUT2D eigenvalue weighted by molar-refractivity contribution is 5.95. The summed E-state index contributed by atoms with van der Waals surface area (Å²) >= 11 is 0. The van der Waals surface area contributed by atoms with Gasteiger partial charge < -0.3 is 23.5 Å². The summed E-state index contributed by atoms with van der Waals surface area (Å²) in [5.41, 5.74) is 1.73. The van der Waals surface area contributed by atoms with Gasteiger partial charge in [-0.15, -0.1) is 0 Å². The number of ether oxygens (including phenoxy) is 2. The van der Waals surface area contributed by atoms with Crippen molar-refractivity contribution in [3.8, 4) is 11.5 Å². The zero-order valence-corrected chi connectivity index (χ0v) is 18.7. The smallest absolute Gasteiger partial charge is 0.263 e. The summed E-state index contributed by atoms with van der Waals surface area (Å²) in [6, 6.07) is 7.74. The monoisotopic (exact) mass is 436 g/mol. The summed E-state index contributed by atoms with van der Waals surface area (Å²) in [6.45, 7) is 3.49. The average Bonchev–Trinajstić information content (AvgIpc) is 3.50. The molecule has 4 rings (SSSR count). The quantitative estimate of drug-likeness (QED) is 0.569. The number of likely N-dealkylation sites (tertiary alicyclic amines) is 1. The first-order valence-corrected chi connectivity index (χ1v) is 10.7. The molecule has 0 saturated carbocycles. The fourth-order valence-corrected chi connectivity index (χ4v) is 4.20. The minimum Gasteiger partial charge on any atom is -0.493 e. The van der Waals surface area contributed by atoms with E-state index in [0.29, 0.717) is 43.1 Å². The van der Waals surface area contributed by atoms with Crippen LogP contribution in [0.15, 0.2) is 54.0 Å². The van der Waals surface area contributed by atoms with Gasteiger partial charge in [-0.2, -0.15) is 0 Å². The summed E-state index contributed by atoms with van der Waals surface area (Å²) in [5.74, 6) is 1.12. The molecule has 3 aromatic rings. The van der Waals surface area contributed by atoms with Gasteiger partial charge in [0.15, 0.2) is 11.5 Å². The van der Waals surface area contributed by atoms with Crippen molar-refractivity contribution in [2.24, 2.45) is 0 Å². The number of hydrogen-bond acceptors (Lipinski definition) is 5. The summed E-state index contributed by atoms with van der Waals surface area (Å²) in [7, 11) is 3.19. The number of carbonyl (C=O) groups is 1. The molecule has 0 radical (unpaired) electrons. The number of methoxy groups -OCH3 is 2. The van der Waals surface area contributed by atoms with Crippen molar-refractivity contribution < 1.29 is 14.3 Å². The maximum absolute atomic E-state index is 13.2. The molecule has 8 nitrogen and oxygen atoms in total. The van der Waals surface area contributed by atoms with E-state index in [4.69, 9.17) is 9.47 Å². The first-order chi connectivity index (χ1) is 15.5. The zero-order chi connectivity index (χ0) is 22.7. The predicted octanol–water partition coefficient (Wildman–Crippen LogP) is 2.70. The highest BCUT2D eigenvalue weighted by Crippen LogP contribution is 2.28. The zero-order valence-electron chi connectivity index (χ0n) is 18.7. The normalized spacial score (nSPS) is 15.7. The number of benzene rings is 1. The van der Waals surface area contributed by atoms with Gasteiger partial charge in [-0.05, 0) is 49.1 Å². The van der Waals surface area contributed by atoms with Crippen molar-refractivity contribution in [1.82, 2.24) is 19.0 Å². The number of hydrogen-bond donors (Lipinski definition) is 0. The van der Waals surface area contributed by atoms with E-state index in [9.17, 15) is 9.59 Å². The predicted molar refractivity (Wildman–Crippen MR) is 120 cm³/mol. The Kier molecular flexibility index (Phi) is 6.30. The van der Waals surface area contributed by atoms with Gasteiger partial charge in [0.25, 0.3) is 11.5 Å². The minimum atomic E-state index is -0.249. The van der Waals surface area contributed by atoms with Crippen LogP contribution in [0.4, 0.5) is 0 Å². The second-order valence-electron chi connectivity index (χ2n) is 8.02. The van der Waals surface area contributed by atoms with Crippen LogP contribution < -0.4 is 15.0 Å². The Hall–Kier alpha value is -3.55. The van der Waals surface area contributed by atoms with Crippen LogP contribution in [0, 0.1) is 6.92 Å². The molecule has 0 N–H and O–H groups in total. The molecule has 1 fully saturated rings. The Bertz CT molecular complexity index is 1150. The van der Waals surface area contributed by atoms with Gasteiger partial charge in [-0.25, -0.2) is 4.98 Å². The van der Waals surface area contributed by atoms with E-state index < -0.39 is 0 Å². The van der Waals surface area contributed by atoms with E-state index in [1.54, 1.807) is 42.4 Å². The summed E-state index contributed by atoms with van der Waals surface area (Å²) in [6.07, 6.45) is 8.66. The fourth-order valence-electron chi connectivity index (χ4n) is 4.20. The SMILES string of the molecule is COc1ccc(CCn2ccc(C)c(C(=O)N3CCC(n4ccnc4)C3)c2=O)cc1OC. The molecule has 1 amide bonds. The number of pyridine rings is 1. The largest absolute Gasteiger partial charge is 0.493 e. The van der Waals surface area contributed by atoms with Gasteiger partial charge in [0, 0.05) is 38.2 Å². The average molecular weight is 437 g/mol. The summed E-state index contributed by atoms with van der Waals surface area (Å²) < 4.78 is 14.3. The van der Waals surface area contributed by atoms with Gasteiger partial charge in [0.2, 0.25) is 0 Å². The summed E-state index contributed by atoms with van der Waals surface area (Å²) in [4.78, 5) is 32.3. The Labute approximate surface area is 187 Å². The van der Waals surface area contributed by atoms with Gasteiger partial charge in [0.1, 0.15) is 5.56 Å². The van der Waals surface area contributed by atoms with E-state index in [2.05, 4.69) is 4.98 Å². The van der Waals surface area contributed by atoms with Crippen LogP contribution in [0.2, 0.25) is 0 Å². The van der Waals surface area contributed by atoms with Crippen LogP contribution in [0.5, 0.6) is 11.5 Å². The lowest BCUT2D eigenvalue weighted by Gasteiger charge is -2.19. The van der Waals surface area contributed by atoms with Crippen LogP contribution in [0.3, 0.4) is 0 Å². The minimum absolute atomic E-state index is 0.192. The molecule has 1 aliphatic rings. The second-order valence-corrected chi connectivity index (χ2v) is 8.02. The summed E-state index contributed by atoms with van der Waals surface area (Å²) in [5, 5.41) is 0. The van der Waals surface area contributed by atoms with E-state index >= 15 is 0 Å². The van der Waals surface area contributed by atoms with Crippen LogP contribution in [-0.4, -0.2) is 52.2 Å². The van der Waals surface area contributed by atoms with Crippen LogP contribution in [0.25, 0.3) is 0 Å². The van der Waals surface area contributed by atoms with Crippen LogP contribution >= 0.6 is 0 Å². The molecule has 2 aromatic heterocycles. The van der Waals surface area contributed by atoms with E-state index in [1.165, 1.54) is 0 Å². The van der Waals surface area contributed by atoms with Gasteiger partial charge in [-0.1, -0.05) is 6.07 Å². The Balaban J connectivity index is 1.50. The van der Waals surface area contributed by atoms with Gasteiger partial charge in [-0.3, -0.25) is 9.59 Å². The van der Waals surface area contributed by atoms with E-state index in [1.807, 2.05) is 42.0 Å². The molecular weight excluding hydrogens is 408 g/mol. The standard InChI is InChI=1S/C24H28N4O4/c1-17-6-10-26(11-7-18-4-5-20(31-2)21(14-18)32-3)23(29)22(17)24(30)27-12-8-19(15-27)28-13-9-25-16-28/h4-6,9-10,13-14,16,19H,7-8,11-12,15H2,1-3H3. The van der Waals surface area contributed by atoms with Crippen molar-refractivity contribution in [1.29, 1.82) is 0 Å². The molecule has 1 atom stereocenters. The molecule has 0 bridgehead atoms. The fraction of sp³-hybridized carbons (Fsp3) is 0.375. The molecule has 0 spiro atoms. The van der Waals surface area contributed by atoms with Crippen molar-refractivity contribution >= 4 is 5.91 Å². The van der Waals surface area contributed by atoms with Crippen molar-refractivity contribution in [3.63, 3.8) is 0 Å². The molecule has 1 aliphatic heterocycles. The number of carbonyl (C=O) groups excluding carboxylic acids is 1. The number of aromatic nitrogens is 3.